The summed E-state index contributed by atoms with van der Waals surface area (Å²) in [5, 5.41) is 0. The second kappa shape index (κ2) is 5.33. The molecule has 0 fully saturated rings. The van der Waals surface area contributed by atoms with E-state index in [9.17, 15) is 0 Å². The molecule has 3 nitrogen and oxygen atoms in total. The third kappa shape index (κ3) is 2.54. The Morgan fingerprint density at radius 1 is 1.40 bits per heavy atom. The van der Waals surface area contributed by atoms with Crippen molar-refractivity contribution in [3.63, 3.8) is 0 Å². The summed E-state index contributed by atoms with van der Waals surface area (Å²) >= 11 is 3.40. The molecule has 0 bridgehead atoms. The van der Waals surface area contributed by atoms with Crippen molar-refractivity contribution in [3.05, 3.63) is 48.1 Å². The fraction of sp³-hybridized carbons (Fsp3) is 0.267. The summed E-state index contributed by atoms with van der Waals surface area (Å²) in [6.07, 6.45) is 10.7. The van der Waals surface area contributed by atoms with Gasteiger partial charge in [0.1, 0.15) is 0 Å². The maximum Gasteiger partial charge on any atom is 0.150 e. The maximum atomic E-state index is 6.43. The molecule has 1 aromatic heterocycles. The quantitative estimate of drug-likeness (QED) is 0.856. The number of thiazole rings is 1. The standard InChI is InChI=1S/C15H17N3S2/c1-19-14-18-11-6-5-10(8-12(11)20-14)9-15(17)7-3-2-4-13(15)16/h2-8,13H,9,16-17H2,1H3. The molecule has 0 saturated carbocycles. The van der Waals surface area contributed by atoms with E-state index >= 15 is 0 Å². The SMILES string of the molecule is CSc1nc2ccc(CC3(N)C=CC=CC3N)cc2s1. The van der Waals surface area contributed by atoms with E-state index in [1.807, 2.05) is 30.6 Å². The van der Waals surface area contributed by atoms with Crippen LogP contribution in [0.2, 0.25) is 0 Å². The highest BCUT2D eigenvalue weighted by atomic mass is 32.2. The number of hydrogen-bond acceptors (Lipinski definition) is 5. The zero-order chi connectivity index (χ0) is 14.2. The van der Waals surface area contributed by atoms with Crippen molar-refractivity contribution in [1.82, 2.24) is 4.98 Å². The molecule has 0 aliphatic heterocycles. The molecule has 1 heterocycles. The number of thioether (sulfide) groups is 1. The van der Waals surface area contributed by atoms with Crippen LogP contribution in [0.4, 0.5) is 0 Å². The van der Waals surface area contributed by atoms with Crippen molar-refractivity contribution in [3.8, 4) is 0 Å². The average molecular weight is 303 g/mol. The van der Waals surface area contributed by atoms with Gasteiger partial charge in [0.25, 0.3) is 0 Å². The van der Waals surface area contributed by atoms with E-state index in [4.69, 9.17) is 11.5 Å². The van der Waals surface area contributed by atoms with Crippen molar-refractivity contribution in [2.45, 2.75) is 22.3 Å². The Morgan fingerprint density at radius 3 is 3.00 bits per heavy atom. The molecule has 2 unspecified atom stereocenters. The molecule has 5 heteroatoms. The maximum absolute atomic E-state index is 6.43. The van der Waals surface area contributed by atoms with Crippen molar-refractivity contribution in [2.75, 3.05) is 6.26 Å². The van der Waals surface area contributed by atoms with Crippen molar-refractivity contribution in [1.29, 1.82) is 0 Å². The summed E-state index contributed by atoms with van der Waals surface area (Å²) in [6, 6.07) is 6.20. The van der Waals surface area contributed by atoms with Gasteiger partial charge in [-0.05, 0) is 30.4 Å². The Morgan fingerprint density at radius 2 is 2.25 bits per heavy atom. The smallest absolute Gasteiger partial charge is 0.150 e. The number of aromatic nitrogens is 1. The first-order valence-electron chi connectivity index (χ1n) is 6.45. The van der Waals surface area contributed by atoms with Crippen molar-refractivity contribution < 1.29 is 0 Å². The highest BCUT2D eigenvalue weighted by Crippen LogP contribution is 2.30. The van der Waals surface area contributed by atoms with Gasteiger partial charge in [-0.25, -0.2) is 4.98 Å². The highest BCUT2D eigenvalue weighted by Gasteiger charge is 2.29. The lowest BCUT2D eigenvalue weighted by Gasteiger charge is -2.32. The molecule has 1 aliphatic carbocycles. The Labute approximate surface area is 126 Å². The van der Waals surface area contributed by atoms with Gasteiger partial charge < -0.3 is 11.5 Å². The molecular weight excluding hydrogens is 286 g/mol. The third-order valence-corrected chi connectivity index (χ3v) is 5.58. The topological polar surface area (TPSA) is 64.9 Å². The molecule has 1 aromatic carbocycles. The van der Waals surface area contributed by atoms with Crippen LogP contribution in [0, 0.1) is 0 Å². The predicted octanol–water partition coefficient (Wildman–Crippen LogP) is 2.71. The summed E-state index contributed by atoms with van der Waals surface area (Å²) in [5.74, 6) is 0. The Hall–Kier alpha value is -1.14. The zero-order valence-corrected chi connectivity index (χ0v) is 12.9. The van der Waals surface area contributed by atoms with Gasteiger partial charge in [-0.1, -0.05) is 42.1 Å². The Kier molecular flexibility index (Phi) is 3.69. The fourth-order valence-corrected chi connectivity index (χ4v) is 3.94. The fourth-order valence-electron chi connectivity index (χ4n) is 2.38. The van der Waals surface area contributed by atoms with Crippen molar-refractivity contribution >= 4 is 33.3 Å². The van der Waals surface area contributed by atoms with E-state index in [-0.39, 0.29) is 6.04 Å². The molecule has 0 spiro atoms. The zero-order valence-electron chi connectivity index (χ0n) is 11.2. The van der Waals surface area contributed by atoms with E-state index in [0.29, 0.717) is 0 Å². The van der Waals surface area contributed by atoms with Crippen LogP contribution in [-0.4, -0.2) is 22.8 Å². The minimum absolute atomic E-state index is 0.147. The van der Waals surface area contributed by atoms with Crippen LogP contribution < -0.4 is 11.5 Å². The van der Waals surface area contributed by atoms with Crippen LogP contribution >= 0.6 is 23.1 Å². The van der Waals surface area contributed by atoms with Gasteiger partial charge in [0.05, 0.1) is 15.8 Å². The van der Waals surface area contributed by atoms with Gasteiger partial charge in [0.2, 0.25) is 0 Å². The molecule has 0 saturated heterocycles. The van der Waals surface area contributed by atoms with E-state index in [0.717, 1.165) is 16.3 Å². The lowest BCUT2D eigenvalue weighted by molar-refractivity contribution is 0.467. The first-order chi connectivity index (χ1) is 9.60. The number of fused-ring (bicyclic) bond motifs is 1. The third-order valence-electron chi connectivity index (χ3n) is 3.57. The molecule has 0 radical (unpaired) electrons. The van der Waals surface area contributed by atoms with Gasteiger partial charge in [-0.3, -0.25) is 0 Å². The minimum Gasteiger partial charge on any atom is -0.323 e. The van der Waals surface area contributed by atoms with Crippen LogP contribution in [0.5, 0.6) is 0 Å². The number of allylic oxidation sites excluding steroid dienone is 2. The molecule has 4 N–H and O–H groups in total. The summed E-state index contributed by atoms with van der Waals surface area (Å²) in [4.78, 5) is 4.55. The Balaban J connectivity index is 1.91. The molecule has 104 valence electrons. The average Bonchev–Trinajstić information content (AvgIpc) is 2.84. The lowest BCUT2D eigenvalue weighted by Crippen LogP contribution is -2.55. The number of hydrogen-bond donors (Lipinski definition) is 2. The molecule has 2 aromatic rings. The minimum atomic E-state index is -0.505. The molecule has 3 rings (SSSR count). The predicted molar refractivity (Wildman–Crippen MR) is 88.3 cm³/mol. The van der Waals surface area contributed by atoms with Gasteiger partial charge in [0, 0.05) is 6.04 Å². The van der Waals surface area contributed by atoms with E-state index in [1.54, 1.807) is 23.1 Å². The summed E-state index contributed by atoms with van der Waals surface area (Å²) in [6.45, 7) is 0. The number of rotatable bonds is 3. The second-order valence-corrected chi connectivity index (χ2v) is 7.13. The van der Waals surface area contributed by atoms with Crippen LogP contribution in [-0.2, 0) is 6.42 Å². The molecular formula is C15H17N3S2. The normalized spacial score (nSPS) is 25.4. The first kappa shape index (κ1) is 13.8. The largest absolute Gasteiger partial charge is 0.323 e. The lowest BCUT2D eigenvalue weighted by atomic mass is 9.82. The highest BCUT2D eigenvalue weighted by molar-refractivity contribution is 8.00. The molecule has 0 amide bonds. The summed E-state index contributed by atoms with van der Waals surface area (Å²) < 4.78 is 2.30. The van der Waals surface area contributed by atoms with Gasteiger partial charge in [-0.2, -0.15) is 0 Å². The summed E-state index contributed by atoms with van der Waals surface area (Å²) in [7, 11) is 0. The molecule has 2 atom stereocenters. The van der Waals surface area contributed by atoms with Crippen LogP contribution in [0.25, 0.3) is 10.2 Å². The van der Waals surface area contributed by atoms with Gasteiger partial charge in [-0.15, -0.1) is 11.3 Å². The molecule has 1 aliphatic rings. The van der Waals surface area contributed by atoms with Crippen LogP contribution in [0.15, 0.2) is 46.8 Å². The van der Waals surface area contributed by atoms with Crippen LogP contribution in [0.3, 0.4) is 0 Å². The van der Waals surface area contributed by atoms with Crippen molar-refractivity contribution in [2.24, 2.45) is 11.5 Å². The van der Waals surface area contributed by atoms with Gasteiger partial charge >= 0.3 is 0 Å². The van der Waals surface area contributed by atoms with E-state index < -0.39 is 5.54 Å². The number of benzene rings is 1. The number of nitrogens with zero attached hydrogens (tertiary/aromatic N) is 1. The first-order valence-corrected chi connectivity index (χ1v) is 8.49. The van der Waals surface area contributed by atoms with Gasteiger partial charge in [0.15, 0.2) is 4.34 Å². The second-order valence-electron chi connectivity index (χ2n) is 5.04. The van der Waals surface area contributed by atoms with E-state index in [1.165, 1.54) is 10.3 Å². The monoisotopic (exact) mass is 303 g/mol. The molecule has 20 heavy (non-hydrogen) atoms. The van der Waals surface area contributed by atoms with Crippen LogP contribution in [0.1, 0.15) is 5.56 Å². The Bertz CT molecular complexity index is 689. The van der Waals surface area contributed by atoms with E-state index in [2.05, 4.69) is 23.2 Å². The summed E-state index contributed by atoms with van der Waals surface area (Å²) in [5.41, 5.74) is 14.3. The number of nitrogens with two attached hydrogens (primary N) is 2.